The van der Waals surface area contributed by atoms with Gasteiger partial charge in [-0.15, -0.1) is 0 Å². The molecule has 0 spiro atoms. The highest BCUT2D eigenvalue weighted by Gasteiger charge is 2.23. The molecule has 146 valence electrons. The van der Waals surface area contributed by atoms with E-state index in [9.17, 15) is 4.79 Å². The second kappa shape index (κ2) is 9.18. The van der Waals surface area contributed by atoms with Crippen LogP contribution in [0.15, 0.2) is 36.5 Å². The molecule has 5 nitrogen and oxygen atoms in total. The molecule has 2 aromatic rings. The summed E-state index contributed by atoms with van der Waals surface area (Å²) in [7, 11) is 0. The Balaban J connectivity index is 1.59. The Morgan fingerprint density at radius 3 is 2.56 bits per heavy atom. The van der Waals surface area contributed by atoms with E-state index in [0.717, 1.165) is 25.1 Å². The number of anilines is 1. The zero-order valence-electron chi connectivity index (χ0n) is 16.8. The van der Waals surface area contributed by atoms with Gasteiger partial charge >= 0.3 is 0 Å². The molecule has 0 aliphatic heterocycles. The number of nitrogens with zero attached hydrogens (tertiary/aromatic N) is 2. The molecule has 1 aromatic heterocycles. The minimum atomic E-state index is 0.0329. The van der Waals surface area contributed by atoms with E-state index in [1.165, 1.54) is 24.0 Å². The fourth-order valence-electron chi connectivity index (χ4n) is 4.05. The number of nitrogens with two attached hydrogens (primary N) is 1. The number of aromatic nitrogens is 2. The van der Waals surface area contributed by atoms with Crippen LogP contribution in [-0.4, -0.2) is 22.2 Å². The van der Waals surface area contributed by atoms with Crippen LogP contribution < -0.4 is 10.6 Å². The van der Waals surface area contributed by atoms with Crippen molar-refractivity contribution in [3.63, 3.8) is 0 Å². The lowest BCUT2D eigenvalue weighted by Gasteiger charge is -2.20. The van der Waals surface area contributed by atoms with E-state index in [2.05, 4.69) is 60.8 Å². The summed E-state index contributed by atoms with van der Waals surface area (Å²) in [5.74, 6) is 1.31. The van der Waals surface area contributed by atoms with Gasteiger partial charge in [0, 0.05) is 17.5 Å². The van der Waals surface area contributed by atoms with Gasteiger partial charge in [0.2, 0.25) is 0 Å². The molecule has 1 amide bonds. The third-order valence-corrected chi connectivity index (χ3v) is 5.66. The van der Waals surface area contributed by atoms with Gasteiger partial charge in [0.15, 0.2) is 6.54 Å². The number of benzene rings is 1. The van der Waals surface area contributed by atoms with E-state index in [1.807, 2.05) is 10.7 Å². The molecular weight excluding hydrogens is 336 g/mol. The molecule has 1 heterocycles. The fourth-order valence-corrected chi connectivity index (χ4v) is 4.05. The molecule has 3 rings (SSSR count). The van der Waals surface area contributed by atoms with Crippen molar-refractivity contribution in [2.45, 2.75) is 65.0 Å². The largest absolute Gasteiger partial charge is 0.332 e. The van der Waals surface area contributed by atoms with Gasteiger partial charge in [-0.2, -0.15) is 5.10 Å². The lowest BCUT2D eigenvalue weighted by molar-refractivity contribution is -0.692. The molecule has 1 aliphatic carbocycles. The van der Waals surface area contributed by atoms with E-state index in [1.54, 1.807) is 6.20 Å². The van der Waals surface area contributed by atoms with Crippen LogP contribution >= 0.6 is 0 Å². The molecule has 27 heavy (non-hydrogen) atoms. The smallest absolute Gasteiger partial charge is 0.280 e. The molecule has 1 fully saturated rings. The highest BCUT2D eigenvalue weighted by atomic mass is 16.2. The second-order valence-corrected chi connectivity index (χ2v) is 7.95. The van der Waals surface area contributed by atoms with Crippen molar-refractivity contribution < 1.29 is 10.1 Å². The van der Waals surface area contributed by atoms with Gasteiger partial charge in [-0.1, -0.05) is 57.9 Å². The molecule has 1 aromatic carbocycles. The van der Waals surface area contributed by atoms with E-state index in [0.29, 0.717) is 18.5 Å². The van der Waals surface area contributed by atoms with Crippen LogP contribution in [0, 0.1) is 5.92 Å². The van der Waals surface area contributed by atoms with Crippen molar-refractivity contribution in [1.82, 2.24) is 9.78 Å². The summed E-state index contributed by atoms with van der Waals surface area (Å²) in [5, 5.41) is 9.64. The summed E-state index contributed by atoms with van der Waals surface area (Å²) in [6, 6.07) is 11.4. The average Bonchev–Trinajstić information content (AvgIpc) is 3.33. The van der Waals surface area contributed by atoms with Gasteiger partial charge in [0.05, 0.1) is 12.2 Å². The number of carbonyl (C=O) groups is 1. The maximum Gasteiger partial charge on any atom is 0.280 e. The van der Waals surface area contributed by atoms with Crippen molar-refractivity contribution >= 4 is 11.7 Å². The van der Waals surface area contributed by atoms with Crippen molar-refractivity contribution in [2.75, 3.05) is 11.9 Å². The van der Waals surface area contributed by atoms with Gasteiger partial charge in [-0.25, -0.2) is 4.68 Å². The number of nitrogens with one attached hydrogen (secondary N) is 1. The number of carbonyl (C=O) groups excluding carboxylic acids is 1. The predicted molar refractivity (Wildman–Crippen MR) is 109 cm³/mol. The molecule has 0 radical (unpaired) electrons. The monoisotopic (exact) mass is 369 g/mol. The first-order chi connectivity index (χ1) is 13.1. The van der Waals surface area contributed by atoms with Gasteiger partial charge < -0.3 is 10.6 Å². The highest BCUT2D eigenvalue weighted by Crippen LogP contribution is 2.31. The zero-order chi connectivity index (χ0) is 19.2. The highest BCUT2D eigenvalue weighted by molar-refractivity contribution is 5.90. The number of quaternary nitrogens is 1. The molecular formula is C22H33N4O+. The minimum Gasteiger partial charge on any atom is -0.332 e. The Hall–Kier alpha value is -2.14. The van der Waals surface area contributed by atoms with Crippen LogP contribution in [0.5, 0.6) is 0 Å². The van der Waals surface area contributed by atoms with Crippen LogP contribution in [0.1, 0.15) is 69.7 Å². The molecule has 0 bridgehead atoms. The molecule has 0 unspecified atom stereocenters. The van der Waals surface area contributed by atoms with E-state index >= 15 is 0 Å². The summed E-state index contributed by atoms with van der Waals surface area (Å²) < 4.78 is 1.99. The van der Waals surface area contributed by atoms with Crippen LogP contribution in [0.25, 0.3) is 0 Å². The maximum atomic E-state index is 12.6. The number of hydrogen-bond acceptors (Lipinski definition) is 2. The SMILES string of the molecule is CCc1ccc([C@H]([NH2+]CC(=O)Nc2ccnn2C2CCCC2)C(C)C)cc1. The summed E-state index contributed by atoms with van der Waals surface area (Å²) in [6.07, 6.45) is 7.63. The minimum absolute atomic E-state index is 0.0329. The summed E-state index contributed by atoms with van der Waals surface area (Å²) >= 11 is 0. The molecule has 0 saturated heterocycles. The van der Waals surface area contributed by atoms with Gasteiger partial charge in [0.25, 0.3) is 5.91 Å². The summed E-state index contributed by atoms with van der Waals surface area (Å²) in [5.41, 5.74) is 2.63. The van der Waals surface area contributed by atoms with E-state index in [4.69, 9.17) is 0 Å². The van der Waals surface area contributed by atoms with E-state index in [-0.39, 0.29) is 11.9 Å². The Bertz CT molecular complexity index is 729. The molecule has 1 atom stereocenters. The Kier molecular flexibility index (Phi) is 6.67. The topological polar surface area (TPSA) is 63.5 Å². The first-order valence-electron chi connectivity index (χ1n) is 10.3. The van der Waals surface area contributed by atoms with Crippen molar-refractivity contribution in [2.24, 2.45) is 5.92 Å². The van der Waals surface area contributed by atoms with Crippen LogP contribution in [0.3, 0.4) is 0 Å². The molecule has 5 heteroatoms. The number of rotatable bonds is 8. The summed E-state index contributed by atoms with van der Waals surface area (Å²) in [4.78, 5) is 12.6. The van der Waals surface area contributed by atoms with Crippen molar-refractivity contribution in [3.05, 3.63) is 47.7 Å². The Morgan fingerprint density at radius 2 is 1.93 bits per heavy atom. The van der Waals surface area contributed by atoms with Crippen LogP contribution in [0.4, 0.5) is 5.82 Å². The van der Waals surface area contributed by atoms with Crippen molar-refractivity contribution in [1.29, 1.82) is 0 Å². The Morgan fingerprint density at radius 1 is 1.22 bits per heavy atom. The Labute approximate surface area is 162 Å². The molecule has 1 aliphatic rings. The van der Waals surface area contributed by atoms with Crippen LogP contribution in [0.2, 0.25) is 0 Å². The lowest BCUT2D eigenvalue weighted by Crippen LogP contribution is -2.88. The third-order valence-electron chi connectivity index (χ3n) is 5.66. The average molecular weight is 370 g/mol. The van der Waals surface area contributed by atoms with Crippen LogP contribution in [-0.2, 0) is 11.2 Å². The van der Waals surface area contributed by atoms with Gasteiger partial charge in [-0.05, 0) is 24.8 Å². The van der Waals surface area contributed by atoms with Gasteiger partial charge in [-0.3, -0.25) is 4.79 Å². The first kappa shape index (κ1) is 19.6. The molecule has 3 N–H and O–H groups in total. The number of hydrogen-bond donors (Lipinski definition) is 2. The quantitative estimate of drug-likeness (QED) is 0.748. The zero-order valence-corrected chi connectivity index (χ0v) is 16.8. The number of amides is 1. The van der Waals surface area contributed by atoms with E-state index < -0.39 is 0 Å². The maximum absolute atomic E-state index is 12.6. The third kappa shape index (κ3) is 4.98. The van der Waals surface area contributed by atoms with Gasteiger partial charge in [0.1, 0.15) is 11.9 Å². The lowest BCUT2D eigenvalue weighted by atomic mass is 9.95. The second-order valence-electron chi connectivity index (χ2n) is 7.95. The normalized spacial score (nSPS) is 16.0. The summed E-state index contributed by atoms with van der Waals surface area (Å²) in [6.45, 7) is 7.00. The standard InChI is InChI=1S/C22H32N4O/c1-4-17-9-11-18(12-10-17)22(16(2)3)23-15-21(27)25-20-13-14-24-26(20)19-7-5-6-8-19/h9-14,16,19,22-23H,4-8,15H2,1-3H3,(H,25,27)/p+1/t22-/m1/s1. The fraction of sp³-hybridized carbons (Fsp3) is 0.545. The molecule has 1 saturated carbocycles. The van der Waals surface area contributed by atoms with Crippen molar-refractivity contribution in [3.8, 4) is 0 Å². The first-order valence-corrected chi connectivity index (χ1v) is 10.3. The number of aryl methyl sites for hydroxylation is 1. The predicted octanol–water partition coefficient (Wildman–Crippen LogP) is 3.46.